The maximum Gasteiger partial charge on any atom is 0.508 e. The third-order valence-corrected chi connectivity index (χ3v) is 6.78. The summed E-state index contributed by atoms with van der Waals surface area (Å²) < 4.78 is 11.8. The lowest BCUT2D eigenvalue weighted by molar-refractivity contribution is -0.142. The van der Waals surface area contributed by atoms with Gasteiger partial charge in [-0.3, -0.25) is 14.4 Å². The van der Waals surface area contributed by atoms with E-state index < -0.39 is 29.8 Å². The van der Waals surface area contributed by atoms with Crippen LogP contribution in [0.5, 0.6) is 0 Å². The fraction of sp³-hybridized carbons (Fsp3) is 0.414. The first-order valence-corrected chi connectivity index (χ1v) is 13.3. The Bertz CT molecular complexity index is 1510. The Kier molecular flexibility index (Phi) is 8.53. The van der Waals surface area contributed by atoms with E-state index >= 15 is 0 Å². The number of hydrogen-bond donors (Lipinski definition) is 3. The Balaban J connectivity index is 1.71. The summed E-state index contributed by atoms with van der Waals surface area (Å²) in [6.45, 7) is 6.62. The minimum absolute atomic E-state index is 0.000625. The number of fused-ring (bicyclic) bond motifs is 4. The van der Waals surface area contributed by atoms with Gasteiger partial charge in [-0.2, -0.15) is 0 Å². The number of amides is 2. The van der Waals surface area contributed by atoms with Crippen LogP contribution in [0.25, 0.3) is 22.3 Å². The number of hydrogen-bond acceptors (Lipinski definition) is 8. The van der Waals surface area contributed by atoms with Crippen molar-refractivity contribution < 1.29 is 29.0 Å². The smallest absolute Gasteiger partial charge is 0.434 e. The predicted octanol–water partition coefficient (Wildman–Crippen LogP) is 2.73. The molecule has 11 nitrogen and oxygen atoms in total. The fourth-order valence-electron chi connectivity index (χ4n) is 4.74. The second kappa shape index (κ2) is 11.9. The lowest BCUT2D eigenvalue weighted by atomic mass is 9.86. The zero-order chi connectivity index (χ0) is 29.0. The number of pyridine rings is 2. The molecule has 0 aliphatic carbocycles. The van der Waals surface area contributed by atoms with Crippen LogP contribution in [0.4, 0.5) is 4.79 Å². The maximum atomic E-state index is 13.8. The highest BCUT2D eigenvalue weighted by atomic mass is 16.7. The zero-order valence-electron chi connectivity index (χ0n) is 23.1. The van der Waals surface area contributed by atoms with Crippen LogP contribution >= 0.6 is 0 Å². The van der Waals surface area contributed by atoms with E-state index in [-0.39, 0.29) is 42.6 Å². The molecule has 0 spiro atoms. The molecular formula is C29H34N4O7. The van der Waals surface area contributed by atoms with Gasteiger partial charge in [-0.05, 0) is 44.9 Å². The zero-order valence-corrected chi connectivity index (χ0v) is 23.1. The molecule has 1 aliphatic rings. The van der Waals surface area contributed by atoms with Crippen molar-refractivity contribution in [2.24, 2.45) is 0 Å². The Labute approximate surface area is 231 Å². The molecule has 212 valence electrons. The van der Waals surface area contributed by atoms with Gasteiger partial charge in [0.05, 0.1) is 35.6 Å². The topological polar surface area (TPSA) is 149 Å². The van der Waals surface area contributed by atoms with Crippen LogP contribution in [0.1, 0.15) is 57.2 Å². The van der Waals surface area contributed by atoms with E-state index in [1.807, 2.05) is 30.3 Å². The molecule has 2 aromatic heterocycles. The molecule has 40 heavy (non-hydrogen) atoms. The van der Waals surface area contributed by atoms with E-state index in [1.54, 1.807) is 26.8 Å². The van der Waals surface area contributed by atoms with Crippen molar-refractivity contribution in [3.63, 3.8) is 0 Å². The van der Waals surface area contributed by atoms with Gasteiger partial charge in [0.1, 0.15) is 6.61 Å². The summed E-state index contributed by atoms with van der Waals surface area (Å²) >= 11 is 0. The Morgan fingerprint density at radius 1 is 1.18 bits per heavy atom. The van der Waals surface area contributed by atoms with Gasteiger partial charge in [0.2, 0.25) is 5.91 Å². The van der Waals surface area contributed by atoms with Crippen LogP contribution in [0.15, 0.2) is 41.2 Å². The molecule has 3 N–H and O–H groups in total. The third kappa shape index (κ3) is 5.84. The van der Waals surface area contributed by atoms with Crippen molar-refractivity contribution in [3.05, 3.63) is 63.4 Å². The highest BCUT2D eigenvalue weighted by Crippen LogP contribution is 2.36. The van der Waals surface area contributed by atoms with Crippen LogP contribution in [0.2, 0.25) is 0 Å². The third-order valence-electron chi connectivity index (χ3n) is 6.78. The molecular weight excluding hydrogens is 516 g/mol. The van der Waals surface area contributed by atoms with Crippen LogP contribution in [-0.4, -0.2) is 51.8 Å². The quantitative estimate of drug-likeness (QED) is 0.202. The molecule has 2 amide bonds. The molecule has 0 bridgehead atoms. The van der Waals surface area contributed by atoms with Gasteiger partial charge in [0.15, 0.2) is 5.60 Å². The van der Waals surface area contributed by atoms with Crippen molar-refractivity contribution >= 4 is 28.9 Å². The number of nitrogens with zero attached hydrogens (tertiary/aromatic N) is 2. The number of benzene rings is 1. The van der Waals surface area contributed by atoms with E-state index in [4.69, 9.17) is 14.5 Å². The Morgan fingerprint density at radius 3 is 2.62 bits per heavy atom. The molecule has 0 saturated heterocycles. The standard InChI is InChI=1S/C29H34N4O7/c1-5-29(38,27(36)31-17(2)3)22-14-24-25-20(13-19-9-6-7-10-23(19)32-25)15-33(24)26(35)21(22)16-40-28(37)39-12-8-11-30-18(4)34/h6-7,9-10,13-14,17,38H,5,8,11-12,15-16H2,1-4H3,(H,30,34)(H,31,36)/t29-/m0/s1. The SMILES string of the molecule is CC[C@@](O)(C(=O)NC(C)C)c1cc2n(c(=O)c1COC(=O)OCCCNC(C)=O)Cc1cc3ccccc3nc1-2. The average Bonchev–Trinajstić information content (AvgIpc) is 3.27. The number of ether oxygens (including phenoxy) is 2. The molecule has 1 atom stereocenters. The van der Waals surface area contributed by atoms with Crippen LogP contribution in [0.3, 0.4) is 0 Å². The molecule has 1 aliphatic heterocycles. The van der Waals surface area contributed by atoms with Gasteiger partial charge >= 0.3 is 6.16 Å². The maximum absolute atomic E-state index is 13.8. The van der Waals surface area contributed by atoms with Gasteiger partial charge in [-0.1, -0.05) is 25.1 Å². The van der Waals surface area contributed by atoms with Crippen molar-refractivity contribution in [2.45, 2.75) is 65.3 Å². The molecule has 1 aromatic carbocycles. The number of para-hydroxylation sites is 1. The second-order valence-electron chi connectivity index (χ2n) is 10.1. The highest BCUT2D eigenvalue weighted by Gasteiger charge is 2.41. The predicted molar refractivity (Wildman–Crippen MR) is 147 cm³/mol. The minimum atomic E-state index is -2.07. The summed E-state index contributed by atoms with van der Waals surface area (Å²) in [5.41, 5.74) is 0.0767. The molecule has 11 heteroatoms. The van der Waals surface area contributed by atoms with Gasteiger partial charge in [0, 0.05) is 36.0 Å². The lowest BCUT2D eigenvalue weighted by Crippen LogP contribution is -2.48. The van der Waals surface area contributed by atoms with Crippen LogP contribution < -0.4 is 16.2 Å². The normalized spacial score (nSPS) is 13.3. The number of carbonyl (C=O) groups excluding carboxylic acids is 3. The molecule has 3 heterocycles. The monoisotopic (exact) mass is 550 g/mol. The average molecular weight is 551 g/mol. The Hall–Kier alpha value is -4.25. The first-order valence-electron chi connectivity index (χ1n) is 13.3. The van der Waals surface area contributed by atoms with Crippen molar-refractivity contribution in [1.29, 1.82) is 0 Å². The molecule has 0 fully saturated rings. The van der Waals surface area contributed by atoms with Gasteiger partial charge in [-0.25, -0.2) is 9.78 Å². The van der Waals surface area contributed by atoms with Crippen LogP contribution in [-0.2, 0) is 37.8 Å². The van der Waals surface area contributed by atoms with E-state index in [9.17, 15) is 24.3 Å². The lowest BCUT2D eigenvalue weighted by Gasteiger charge is -2.29. The highest BCUT2D eigenvalue weighted by molar-refractivity contribution is 5.88. The first kappa shape index (κ1) is 28.8. The molecule has 0 radical (unpaired) electrons. The van der Waals surface area contributed by atoms with Crippen molar-refractivity contribution in [2.75, 3.05) is 13.2 Å². The molecule has 0 unspecified atom stereocenters. The number of nitrogens with one attached hydrogen (secondary N) is 2. The summed E-state index contributed by atoms with van der Waals surface area (Å²) in [5.74, 6) is -0.858. The van der Waals surface area contributed by atoms with E-state index in [1.165, 1.54) is 11.5 Å². The van der Waals surface area contributed by atoms with E-state index in [2.05, 4.69) is 10.6 Å². The minimum Gasteiger partial charge on any atom is -0.434 e. The summed E-state index contributed by atoms with van der Waals surface area (Å²) in [6.07, 6.45) is -0.666. The summed E-state index contributed by atoms with van der Waals surface area (Å²) in [6, 6.07) is 10.9. The molecule has 0 saturated carbocycles. The van der Waals surface area contributed by atoms with Crippen LogP contribution in [0, 0.1) is 0 Å². The number of carbonyl (C=O) groups is 3. The molecule has 4 rings (SSSR count). The van der Waals surface area contributed by atoms with Gasteiger partial charge in [0.25, 0.3) is 11.5 Å². The van der Waals surface area contributed by atoms with Gasteiger partial charge < -0.3 is 29.8 Å². The van der Waals surface area contributed by atoms with E-state index in [0.717, 1.165) is 16.5 Å². The summed E-state index contributed by atoms with van der Waals surface area (Å²) in [7, 11) is 0. The van der Waals surface area contributed by atoms with Crippen molar-refractivity contribution in [3.8, 4) is 11.4 Å². The summed E-state index contributed by atoms with van der Waals surface area (Å²) in [4.78, 5) is 55.1. The molecule has 3 aromatic rings. The largest absolute Gasteiger partial charge is 0.508 e. The Morgan fingerprint density at radius 2 is 1.93 bits per heavy atom. The number of rotatable bonds is 10. The summed E-state index contributed by atoms with van der Waals surface area (Å²) in [5, 5.41) is 17.9. The van der Waals surface area contributed by atoms with Crippen molar-refractivity contribution in [1.82, 2.24) is 20.2 Å². The second-order valence-corrected chi connectivity index (χ2v) is 10.1. The number of aromatic nitrogens is 2. The fourth-order valence-corrected chi connectivity index (χ4v) is 4.74. The van der Waals surface area contributed by atoms with Gasteiger partial charge in [-0.15, -0.1) is 0 Å². The first-order chi connectivity index (χ1) is 19.0. The van der Waals surface area contributed by atoms with E-state index in [0.29, 0.717) is 24.4 Å². The number of aliphatic hydroxyl groups is 1.